The summed E-state index contributed by atoms with van der Waals surface area (Å²) in [6.45, 7) is -2.15. The summed E-state index contributed by atoms with van der Waals surface area (Å²) in [5.41, 5.74) is -0.504. The third-order valence-corrected chi connectivity index (χ3v) is 4.17. The van der Waals surface area contributed by atoms with Crippen molar-refractivity contribution in [1.29, 1.82) is 0 Å². The van der Waals surface area contributed by atoms with Gasteiger partial charge in [-0.3, -0.25) is 14.9 Å². The summed E-state index contributed by atoms with van der Waals surface area (Å²) in [5.74, 6) is -0.974. The van der Waals surface area contributed by atoms with Crippen molar-refractivity contribution in [3.63, 3.8) is 0 Å². The van der Waals surface area contributed by atoms with Crippen molar-refractivity contribution in [1.82, 2.24) is 4.90 Å². The predicted octanol–water partition coefficient (Wildman–Crippen LogP) is 5.22. The molecular weight excluding hydrogens is 441 g/mol. The lowest BCUT2D eigenvalue weighted by Crippen LogP contribution is -2.38. The van der Waals surface area contributed by atoms with Crippen LogP contribution in [0.5, 0.6) is 0 Å². The van der Waals surface area contributed by atoms with E-state index in [4.69, 9.17) is 11.6 Å². The molecule has 0 radical (unpaired) electrons. The molecule has 0 saturated heterocycles. The van der Waals surface area contributed by atoms with Gasteiger partial charge in [-0.2, -0.15) is 13.2 Å². The van der Waals surface area contributed by atoms with Crippen LogP contribution < -0.4 is 0 Å². The molecule has 0 aliphatic carbocycles. The standard InChI is InChI=1S/C16H11BrClF3N2O3/c17-11-5-6-12(13(18)7-11)15(24)22(9-16(19,20)21)8-10-3-1-2-4-14(10)23(25)26/h1-7H,8-9H2. The van der Waals surface area contributed by atoms with E-state index in [1.54, 1.807) is 0 Å². The van der Waals surface area contributed by atoms with Crippen molar-refractivity contribution in [2.45, 2.75) is 12.7 Å². The van der Waals surface area contributed by atoms with Gasteiger partial charge in [-0.25, -0.2) is 0 Å². The third-order valence-electron chi connectivity index (χ3n) is 3.37. The van der Waals surface area contributed by atoms with Crippen LogP contribution in [-0.2, 0) is 6.54 Å². The first-order chi connectivity index (χ1) is 12.1. The molecular formula is C16H11BrClF3N2O3. The highest BCUT2D eigenvalue weighted by Crippen LogP contribution is 2.27. The smallest absolute Gasteiger partial charge is 0.325 e. The highest BCUT2D eigenvalue weighted by molar-refractivity contribution is 9.10. The zero-order valence-electron chi connectivity index (χ0n) is 13.0. The molecule has 0 unspecified atom stereocenters. The Balaban J connectivity index is 2.41. The summed E-state index contributed by atoms with van der Waals surface area (Å²) in [4.78, 5) is 23.4. The van der Waals surface area contributed by atoms with E-state index >= 15 is 0 Å². The Bertz CT molecular complexity index is 846. The molecule has 26 heavy (non-hydrogen) atoms. The summed E-state index contributed by atoms with van der Waals surface area (Å²) in [7, 11) is 0. The maximum Gasteiger partial charge on any atom is 0.406 e. The van der Waals surface area contributed by atoms with Gasteiger partial charge >= 0.3 is 6.18 Å². The predicted molar refractivity (Wildman–Crippen MR) is 93.0 cm³/mol. The van der Waals surface area contributed by atoms with E-state index in [1.807, 2.05) is 0 Å². The van der Waals surface area contributed by atoms with Gasteiger partial charge in [-0.1, -0.05) is 45.7 Å². The second-order valence-electron chi connectivity index (χ2n) is 5.29. The van der Waals surface area contributed by atoms with E-state index in [2.05, 4.69) is 15.9 Å². The minimum Gasteiger partial charge on any atom is -0.325 e. The molecule has 0 aliphatic rings. The largest absolute Gasteiger partial charge is 0.406 e. The molecule has 10 heteroatoms. The number of amides is 1. The number of nitrogens with zero attached hydrogens (tertiary/aromatic N) is 2. The number of halogens is 5. The zero-order chi connectivity index (χ0) is 19.5. The summed E-state index contributed by atoms with van der Waals surface area (Å²) < 4.78 is 39.4. The van der Waals surface area contributed by atoms with Crippen LogP contribution in [0.2, 0.25) is 5.02 Å². The van der Waals surface area contributed by atoms with Gasteiger partial charge in [0.2, 0.25) is 0 Å². The summed E-state index contributed by atoms with van der Waals surface area (Å²) >= 11 is 9.10. The highest BCUT2D eigenvalue weighted by Gasteiger charge is 2.34. The van der Waals surface area contributed by atoms with E-state index in [9.17, 15) is 28.1 Å². The Kier molecular flexibility index (Phi) is 6.25. The van der Waals surface area contributed by atoms with E-state index < -0.39 is 30.1 Å². The maximum absolute atomic E-state index is 12.9. The molecule has 0 atom stereocenters. The molecule has 0 N–H and O–H groups in total. The molecule has 2 aromatic carbocycles. The lowest BCUT2D eigenvalue weighted by molar-refractivity contribution is -0.385. The van der Waals surface area contributed by atoms with Crippen LogP contribution in [0.25, 0.3) is 0 Å². The number of nitro benzene ring substituents is 1. The Morgan fingerprint density at radius 1 is 1.23 bits per heavy atom. The first kappa shape index (κ1) is 20.2. The Labute approximate surface area is 159 Å². The monoisotopic (exact) mass is 450 g/mol. The number of benzene rings is 2. The van der Waals surface area contributed by atoms with Crippen molar-refractivity contribution >= 4 is 39.1 Å². The van der Waals surface area contributed by atoms with Gasteiger partial charge in [0.15, 0.2) is 0 Å². The number of hydrogen-bond donors (Lipinski definition) is 0. The van der Waals surface area contributed by atoms with Crippen molar-refractivity contribution in [2.24, 2.45) is 0 Å². The fourth-order valence-corrected chi connectivity index (χ4v) is 3.03. The number of para-hydroxylation sites is 1. The second-order valence-corrected chi connectivity index (χ2v) is 6.61. The Morgan fingerprint density at radius 3 is 2.46 bits per heavy atom. The summed E-state index contributed by atoms with van der Waals surface area (Å²) in [5, 5.41) is 11.0. The fraction of sp³-hybridized carbons (Fsp3) is 0.188. The number of nitro groups is 1. The molecule has 5 nitrogen and oxygen atoms in total. The number of rotatable bonds is 5. The van der Waals surface area contributed by atoms with E-state index in [-0.39, 0.29) is 21.8 Å². The number of carbonyl (C=O) groups excluding carboxylic acids is 1. The van der Waals surface area contributed by atoms with Crippen LogP contribution in [0.3, 0.4) is 0 Å². The first-order valence-corrected chi connectivity index (χ1v) is 8.29. The normalized spacial score (nSPS) is 11.3. The number of carbonyl (C=O) groups is 1. The molecule has 0 aliphatic heterocycles. The van der Waals surface area contributed by atoms with Crippen LogP contribution in [0.1, 0.15) is 15.9 Å². The highest BCUT2D eigenvalue weighted by atomic mass is 79.9. The fourth-order valence-electron chi connectivity index (χ4n) is 2.28. The molecule has 0 saturated carbocycles. The third kappa shape index (κ3) is 5.18. The van der Waals surface area contributed by atoms with Crippen LogP contribution in [0.15, 0.2) is 46.9 Å². The van der Waals surface area contributed by atoms with Gasteiger partial charge < -0.3 is 4.90 Å². The zero-order valence-corrected chi connectivity index (χ0v) is 15.3. The van der Waals surface area contributed by atoms with Crippen LogP contribution in [0, 0.1) is 10.1 Å². The van der Waals surface area contributed by atoms with Gasteiger partial charge in [-0.15, -0.1) is 0 Å². The molecule has 0 spiro atoms. The van der Waals surface area contributed by atoms with Gasteiger partial charge in [-0.05, 0) is 18.2 Å². The molecule has 1 amide bonds. The quantitative estimate of drug-likeness (QED) is 0.463. The van der Waals surface area contributed by atoms with E-state index in [1.165, 1.54) is 36.4 Å². The Hall–Kier alpha value is -2.13. The molecule has 2 aromatic rings. The minimum atomic E-state index is -4.68. The second kappa shape index (κ2) is 8.05. The van der Waals surface area contributed by atoms with Crippen LogP contribution in [-0.4, -0.2) is 28.5 Å². The Morgan fingerprint density at radius 2 is 1.88 bits per heavy atom. The van der Waals surface area contributed by atoms with Crippen molar-refractivity contribution in [2.75, 3.05) is 6.54 Å². The van der Waals surface area contributed by atoms with Crippen molar-refractivity contribution in [3.8, 4) is 0 Å². The molecule has 0 bridgehead atoms. The molecule has 0 aromatic heterocycles. The van der Waals surface area contributed by atoms with Crippen molar-refractivity contribution < 1.29 is 22.9 Å². The lowest BCUT2D eigenvalue weighted by Gasteiger charge is -2.24. The van der Waals surface area contributed by atoms with Crippen LogP contribution in [0.4, 0.5) is 18.9 Å². The van der Waals surface area contributed by atoms with E-state index in [0.717, 1.165) is 6.07 Å². The lowest BCUT2D eigenvalue weighted by atomic mass is 10.1. The average molecular weight is 452 g/mol. The van der Waals surface area contributed by atoms with Crippen LogP contribution >= 0.6 is 27.5 Å². The van der Waals surface area contributed by atoms with Gasteiger partial charge in [0.25, 0.3) is 11.6 Å². The molecule has 2 rings (SSSR count). The SMILES string of the molecule is O=C(c1ccc(Br)cc1Cl)N(Cc1ccccc1[N+](=O)[O-])CC(F)(F)F. The van der Waals surface area contributed by atoms with Crippen molar-refractivity contribution in [3.05, 3.63) is 73.2 Å². The maximum atomic E-state index is 12.9. The average Bonchev–Trinajstić information content (AvgIpc) is 2.52. The van der Waals surface area contributed by atoms with E-state index in [0.29, 0.717) is 9.37 Å². The minimum absolute atomic E-state index is 0.0108. The summed E-state index contributed by atoms with van der Waals surface area (Å²) in [6.07, 6.45) is -4.68. The first-order valence-electron chi connectivity index (χ1n) is 7.12. The number of alkyl halides is 3. The van der Waals surface area contributed by atoms with Gasteiger partial charge in [0, 0.05) is 16.1 Å². The van der Waals surface area contributed by atoms with Gasteiger partial charge in [0.05, 0.1) is 22.1 Å². The molecule has 138 valence electrons. The number of hydrogen-bond acceptors (Lipinski definition) is 3. The molecule has 0 heterocycles. The topological polar surface area (TPSA) is 63.5 Å². The van der Waals surface area contributed by atoms with Gasteiger partial charge in [0.1, 0.15) is 6.54 Å². The molecule has 0 fully saturated rings. The summed E-state index contributed by atoms with van der Waals surface area (Å²) in [6, 6.07) is 9.45.